The van der Waals surface area contributed by atoms with Crippen LogP contribution in [-0.4, -0.2) is 30.0 Å². The van der Waals surface area contributed by atoms with Crippen LogP contribution in [0, 0.1) is 0 Å². The summed E-state index contributed by atoms with van der Waals surface area (Å²) in [6.45, 7) is 0. The molecule has 0 fully saturated rings. The van der Waals surface area contributed by atoms with Gasteiger partial charge >= 0.3 is 0 Å². The minimum absolute atomic E-state index is 0.0900. The predicted molar refractivity (Wildman–Crippen MR) is 94.7 cm³/mol. The van der Waals surface area contributed by atoms with Gasteiger partial charge in [0.15, 0.2) is 5.11 Å². The Hall–Kier alpha value is -1.92. The lowest BCUT2D eigenvalue weighted by Gasteiger charge is -2.24. The Labute approximate surface area is 139 Å². The topological polar surface area (TPSA) is 36.9 Å². The largest absolute Gasteiger partial charge is 0.497 e. The Kier molecular flexibility index (Phi) is 4.40. The molecule has 3 rings (SSSR count). The predicted octanol–water partition coefficient (Wildman–Crippen LogP) is 3.41. The van der Waals surface area contributed by atoms with Crippen molar-refractivity contribution in [2.75, 3.05) is 14.2 Å². The van der Waals surface area contributed by atoms with Crippen LogP contribution in [0.2, 0.25) is 0 Å². The van der Waals surface area contributed by atoms with Crippen LogP contribution in [0.1, 0.15) is 22.9 Å². The fourth-order valence-corrected chi connectivity index (χ4v) is 3.40. The molecule has 0 saturated heterocycles. The number of benzene rings is 1. The molecule has 1 aliphatic heterocycles. The first-order chi connectivity index (χ1) is 10.7. The Bertz CT molecular complexity index is 697. The lowest BCUT2D eigenvalue weighted by molar-refractivity contribution is 0.363. The molecule has 4 nitrogen and oxygen atoms in total. The van der Waals surface area contributed by atoms with Crippen LogP contribution >= 0.6 is 23.6 Å². The monoisotopic (exact) mass is 331 g/mol. The van der Waals surface area contributed by atoms with E-state index in [4.69, 9.17) is 22.1 Å². The molecule has 0 bridgehead atoms. The third-order valence-electron chi connectivity index (χ3n) is 3.62. The molecular weight excluding hydrogens is 314 g/mol. The maximum atomic E-state index is 5.42. The van der Waals surface area contributed by atoms with Crippen molar-refractivity contribution in [2.24, 2.45) is 5.10 Å². The van der Waals surface area contributed by atoms with Crippen LogP contribution in [0.5, 0.6) is 5.75 Å². The first-order valence-electron chi connectivity index (χ1n) is 6.99. The van der Waals surface area contributed by atoms with Gasteiger partial charge in [0.05, 0.1) is 23.7 Å². The van der Waals surface area contributed by atoms with E-state index in [1.165, 1.54) is 4.88 Å². The summed E-state index contributed by atoms with van der Waals surface area (Å²) in [5.74, 6) is 0.845. The number of ether oxygens (including phenoxy) is 1. The minimum Gasteiger partial charge on any atom is -0.497 e. The van der Waals surface area contributed by atoms with E-state index in [2.05, 4.69) is 22.8 Å². The number of hydrogen-bond acceptors (Lipinski definition) is 4. The fraction of sp³-hybridized carbons (Fsp3) is 0.250. The second-order valence-electron chi connectivity index (χ2n) is 4.92. The zero-order valence-electron chi connectivity index (χ0n) is 12.4. The molecule has 0 aliphatic carbocycles. The highest BCUT2D eigenvalue weighted by Crippen LogP contribution is 2.34. The quantitative estimate of drug-likeness (QED) is 0.875. The summed E-state index contributed by atoms with van der Waals surface area (Å²) in [5, 5.41) is 12.3. The average Bonchev–Trinajstić information content (AvgIpc) is 3.23. The molecule has 1 aromatic carbocycles. The Morgan fingerprint density at radius 3 is 2.95 bits per heavy atom. The Morgan fingerprint density at radius 2 is 2.27 bits per heavy atom. The van der Waals surface area contributed by atoms with Gasteiger partial charge in [-0.25, -0.2) is 5.01 Å². The Morgan fingerprint density at radius 1 is 1.41 bits per heavy atom. The van der Waals surface area contributed by atoms with Crippen LogP contribution in [-0.2, 0) is 0 Å². The maximum Gasteiger partial charge on any atom is 0.189 e. The van der Waals surface area contributed by atoms with Gasteiger partial charge in [-0.3, -0.25) is 0 Å². The van der Waals surface area contributed by atoms with Gasteiger partial charge in [0.2, 0.25) is 0 Å². The SMILES string of the molecule is CNC(=S)N1N=C(c2cccs2)CC1c1cccc(OC)c1. The number of methoxy groups -OCH3 is 1. The standard InChI is InChI=1S/C16H17N3OS2/c1-17-16(21)19-14(11-5-3-6-12(9-11)20-2)10-13(18-19)15-7-4-8-22-15/h3-9,14H,10H2,1-2H3,(H,17,21). The van der Waals surface area contributed by atoms with Gasteiger partial charge in [-0.15, -0.1) is 11.3 Å². The van der Waals surface area contributed by atoms with Gasteiger partial charge < -0.3 is 10.1 Å². The van der Waals surface area contributed by atoms with E-state index in [1.54, 1.807) is 18.4 Å². The zero-order chi connectivity index (χ0) is 15.5. The fourth-order valence-electron chi connectivity index (χ4n) is 2.51. The molecule has 6 heteroatoms. The highest BCUT2D eigenvalue weighted by molar-refractivity contribution is 7.80. The molecule has 2 heterocycles. The van der Waals surface area contributed by atoms with Crippen LogP contribution in [0.15, 0.2) is 46.9 Å². The van der Waals surface area contributed by atoms with Gasteiger partial charge in [-0.2, -0.15) is 5.10 Å². The van der Waals surface area contributed by atoms with E-state index < -0.39 is 0 Å². The van der Waals surface area contributed by atoms with Crippen molar-refractivity contribution >= 4 is 34.4 Å². The van der Waals surface area contributed by atoms with E-state index in [1.807, 2.05) is 36.3 Å². The maximum absolute atomic E-state index is 5.42. The number of thiophene rings is 1. The lowest BCUT2D eigenvalue weighted by Crippen LogP contribution is -2.34. The third-order valence-corrected chi connectivity index (χ3v) is 4.93. The van der Waals surface area contributed by atoms with Crippen molar-refractivity contribution in [1.82, 2.24) is 10.3 Å². The number of nitrogens with one attached hydrogen (secondary N) is 1. The van der Waals surface area contributed by atoms with Crippen molar-refractivity contribution in [3.63, 3.8) is 0 Å². The first-order valence-corrected chi connectivity index (χ1v) is 8.28. The van der Waals surface area contributed by atoms with Gasteiger partial charge in [0, 0.05) is 13.5 Å². The smallest absolute Gasteiger partial charge is 0.189 e. The minimum atomic E-state index is 0.0900. The highest BCUT2D eigenvalue weighted by Gasteiger charge is 2.31. The van der Waals surface area contributed by atoms with Crippen molar-refractivity contribution in [3.05, 3.63) is 52.2 Å². The van der Waals surface area contributed by atoms with E-state index in [0.717, 1.165) is 23.4 Å². The summed E-state index contributed by atoms with van der Waals surface area (Å²) in [6.07, 6.45) is 0.829. The molecule has 1 aromatic heterocycles. The molecule has 0 saturated carbocycles. The van der Waals surface area contributed by atoms with E-state index in [0.29, 0.717) is 5.11 Å². The molecule has 0 amide bonds. The summed E-state index contributed by atoms with van der Waals surface area (Å²) in [7, 11) is 3.50. The summed E-state index contributed by atoms with van der Waals surface area (Å²) >= 11 is 7.12. The normalized spacial score (nSPS) is 17.3. The summed E-state index contributed by atoms with van der Waals surface area (Å²) in [5.41, 5.74) is 2.22. The van der Waals surface area contributed by atoms with Crippen LogP contribution < -0.4 is 10.1 Å². The lowest BCUT2D eigenvalue weighted by atomic mass is 10.0. The van der Waals surface area contributed by atoms with Crippen LogP contribution in [0.3, 0.4) is 0 Å². The second-order valence-corrected chi connectivity index (χ2v) is 6.25. The van der Waals surface area contributed by atoms with Crippen molar-refractivity contribution in [2.45, 2.75) is 12.5 Å². The third kappa shape index (κ3) is 2.84. The van der Waals surface area contributed by atoms with Crippen LogP contribution in [0.4, 0.5) is 0 Å². The van der Waals surface area contributed by atoms with Gasteiger partial charge in [0.1, 0.15) is 5.75 Å². The highest BCUT2D eigenvalue weighted by atomic mass is 32.1. The summed E-state index contributed by atoms with van der Waals surface area (Å²) < 4.78 is 5.33. The number of hydrogen-bond donors (Lipinski definition) is 1. The molecule has 22 heavy (non-hydrogen) atoms. The molecular formula is C16H17N3OS2. The average molecular weight is 331 g/mol. The second kappa shape index (κ2) is 6.46. The molecule has 114 valence electrons. The first kappa shape index (κ1) is 15.0. The van der Waals surface area contributed by atoms with Crippen molar-refractivity contribution in [1.29, 1.82) is 0 Å². The summed E-state index contributed by atoms with van der Waals surface area (Å²) in [4.78, 5) is 1.19. The van der Waals surface area contributed by atoms with Gasteiger partial charge in [0.25, 0.3) is 0 Å². The van der Waals surface area contributed by atoms with Crippen LogP contribution in [0.25, 0.3) is 0 Å². The number of hydrazone groups is 1. The van der Waals surface area contributed by atoms with Gasteiger partial charge in [-0.05, 0) is 41.4 Å². The number of thiocarbonyl (C=S) groups is 1. The summed E-state index contributed by atoms with van der Waals surface area (Å²) in [6, 6.07) is 12.3. The molecule has 2 aromatic rings. The molecule has 0 spiro atoms. The van der Waals surface area contributed by atoms with E-state index in [-0.39, 0.29) is 6.04 Å². The van der Waals surface area contributed by atoms with Crippen molar-refractivity contribution < 1.29 is 4.74 Å². The molecule has 1 aliphatic rings. The molecule has 1 atom stereocenters. The van der Waals surface area contributed by atoms with E-state index in [9.17, 15) is 0 Å². The van der Waals surface area contributed by atoms with E-state index >= 15 is 0 Å². The molecule has 1 N–H and O–H groups in total. The Balaban J connectivity index is 1.94. The van der Waals surface area contributed by atoms with Crippen molar-refractivity contribution in [3.8, 4) is 5.75 Å². The molecule has 1 unspecified atom stereocenters. The molecule has 0 radical (unpaired) electrons. The van der Waals surface area contributed by atoms with Gasteiger partial charge in [-0.1, -0.05) is 18.2 Å². The number of nitrogens with zero attached hydrogens (tertiary/aromatic N) is 2. The number of rotatable bonds is 3. The zero-order valence-corrected chi connectivity index (χ0v) is 14.1.